The first-order valence-corrected chi connectivity index (χ1v) is 10.1. The van der Waals surface area contributed by atoms with Crippen LogP contribution < -0.4 is 16.0 Å². The average molecular weight is 408 g/mol. The molecule has 0 amide bonds. The van der Waals surface area contributed by atoms with Gasteiger partial charge in [0.1, 0.15) is 10.5 Å². The van der Waals surface area contributed by atoms with Gasteiger partial charge in [0.05, 0.1) is 5.39 Å². The summed E-state index contributed by atoms with van der Waals surface area (Å²) >= 11 is 0. The number of aromatic nitrogens is 5. The first-order valence-electron chi connectivity index (χ1n) is 8.60. The molecule has 0 fully saturated rings. The van der Waals surface area contributed by atoms with Gasteiger partial charge >= 0.3 is 5.69 Å². The van der Waals surface area contributed by atoms with E-state index in [2.05, 4.69) is 24.8 Å². The van der Waals surface area contributed by atoms with Crippen LogP contribution in [0.2, 0.25) is 0 Å². The van der Waals surface area contributed by atoms with E-state index >= 15 is 0 Å². The molecule has 0 saturated heterocycles. The fourth-order valence-electron chi connectivity index (χ4n) is 2.50. The lowest BCUT2D eigenvalue weighted by atomic mass is 10.2. The monoisotopic (exact) mass is 408 g/mol. The molecule has 0 saturated carbocycles. The van der Waals surface area contributed by atoms with E-state index in [9.17, 15) is 18.0 Å². The Morgan fingerprint density at radius 1 is 1.32 bits per heavy atom. The zero-order valence-electron chi connectivity index (χ0n) is 15.6. The molecule has 12 heteroatoms. The molecule has 3 aromatic heterocycles. The summed E-state index contributed by atoms with van der Waals surface area (Å²) in [6, 6.07) is 1.19. The Kier molecular flexibility index (Phi) is 5.42. The van der Waals surface area contributed by atoms with Gasteiger partial charge in [0.2, 0.25) is 15.9 Å². The minimum absolute atomic E-state index is 0.0112. The molecular formula is C16H20N6O5S. The summed E-state index contributed by atoms with van der Waals surface area (Å²) in [5.41, 5.74) is -1.22. The van der Waals surface area contributed by atoms with Gasteiger partial charge in [0.15, 0.2) is 5.82 Å². The van der Waals surface area contributed by atoms with Gasteiger partial charge < -0.3 is 4.52 Å². The van der Waals surface area contributed by atoms with Crippen LogP contribution in [0.4, 0.5) is 0 Å². The highest BCUT2D eigenvalue weighted by atomic mass is 32.2. The maximum Gasteiger partial charge on any atom is 0.329 e. The second kappa shape index (κ2) is 7.64. The Morgan fingerprint density at radius 2 is 2.07 bits per heavy atom. The minimum atomic E-state index is -3.87. The van der Waals surface area contributed by atoms with Crippen LogP contribution in [0.25, 0.3) is 11.0 Å². The topological polar surface area (TPSA) is 153 Å². The van der Waals surface area contributed by atoms with E-state index in [1.807, 2.05) is 13.8 Å². The van der Waals surface area contributed by atoms with E-state index in [1.54, 1.807) is 0 Å². The summed E-state index contributed by atoms with van der Waals surface area (Å²) < 4.78 is 33.6. The van der Waals surface area contributed by atoms with Crippen molar-refractivity contribution >= 4 is 21.1 Å². The molecule has 2 N–H and O–H groups in total. The number of fused-ring (bicyclic) bond motifs is 1. The zero-order valence-corrected chi connectivity index (χ0v) is 16.4. The van der Waals surface area contributed by atoms with Crippen molar-refractivity contribution in [1.29, 1.82) is 0 Å². The molecule has 11 nitrogen and oxygen atoms in total. The second-order valence-electron chi connectivity index (χ2n) is 6.56. The molecule has 150 valence electrons. The Labute approximate surface area is 159 Å². The van der Waals surface area contributed by atoms with Gasteiger partial charge in [-0.3, -0.25) is 14.3 Å². The van der Waals surface area contributed by atoms with Crippen molar-refractivity contribution in [2.24, 2.45) is 7.05 Å². The van der Waals surface area contributed by atoms with Crippen molar-refractivity contribution < 1.29 is 12.9 Å². The highest BCUT2D eigenvalue weighted by Gasteiger charge is 2.17. The molecule has 0 aliphatic heterocycles. The van der Waals surface area contributed by atoms with Crippen molar-refractivity contribution in [3.8, 4) is 0 Å². The average Bonchev–Trinajstić information content (AvgIpc) is 3.12. The smallest absolute Gasteiger partial charge is 0.329 e. The number of hydrogen-bond donors (Lipinski definition) is 2. The van der Waals surface area contributed by atoms with Crippen LogP contribution in [-0.4, -0.2) is 39.6 Å². The summed E-state index contributed by atoms with van der Waals surface area (Å²) in [6.07, 6.45) is 1.99. The normalized spacial score (nSPS) is 12.1. The molecule has 28 heavy (non-hydrogen) atoms. The van der Waals surface area contributed by atoms with E-state index in [1.165, 1.54) is 13.1 Å². The van der Waals surface area contributed by atoms with Gasteiger partial charge in [0.25, 0.3) is 5.56 Å². The van der Waals surface area contributed by atoms with Crippen molar-refractivity contribution in [2.45, 2.75) is 37.5 Å². The van der Waals surface area contributed by atoms with Crippen LogP contribution in [0.1, 0.15) is 37.9 Å². The molecule has 0 aliphatic carbocycles. The van der Waals surface area contributed by atoms with Gasteiger partial charge in [0, 0.05) is 32.1 Å². The lowest BCUT2D eigenvalue weighted by molar-refractivity contribution is 0.368. The van der Waals surface area contributed by atoms with Crippen LogP contribution in [0, 0.1) is 0 Å². The molecule has 0 spiro atoms. The van der Waals surface area contributed by atoms with Crippen molar-refractivity contribution in [1.82, 2.24) is 29.4 Å². The fraction of sp³-hybridized carbons (Fsp3) is 0.438. The summed E-state index contributed by atoms with van der Waals surface area (Å²) in [5.74, 6) is 1.21. The molecule has 0 unspecified atom stereocenters. The lowest BCUT2D eigenvalue weighted by Gasteiger charge is -2.08. The van der Waals surface area contributed by atoms with E-state index in [-0.39, 0.29) is 28.4 Å². The third-order valence-corrected chi connectivity index (χ3v) is 5.53. The van der Waals surface area contributed by atoms with E-state index in [0.717, 1.165) is 10.8 Å². The summed E-state index contributed by atoms with van der Waals surface area (Å²) in [5, 5.41) is 3.86. The summed E-state index contributed by atoms with van der Waals surface area (Å²) in [6.45, 7) is 4.04. The largest absolute Gasteiger partial charge is 0.339 e. The van der Waals surface area contributed by atoms with Crippen LogP contribution in [0.3, 0.4) is 0 Å². The number of sulfonamides is 1. The Bertz CT molecular complexity index is 1220. The van der Waals surface area contributed by atoms with Gasteiger partial charge in [-0.05, 0) is 12.5 Å². The third kappa shape index (κ3) is 4.02. The summed E-state index contributed by atoms with van der Waals surface area (Å²) in [4.78, 5) is 33.7. The van der Waals surface area contributed by atoms with Gasteiger partial charge in [-0.15, -0.1) is 0 Å². The fourth-order valence-corrected chi connectivity index (χ4v) is 3.54. The van der Waals surface area contributed by atoms with E-state index in [4.69, 9.17) is 4.52 Å². The maximum absolute atomic E-state index is 12.5. The van der Waals surface area contributed by atoms with E-state index in [0.29, 0.717) is 24.6 Å². The first-order chi connectivity index (χ1) is 13.2. The van der Waals surface area contributed by atoms with Crippen molar-refractivity contribution in [2.75, 3.05) is 6.54 Å². The maximum atomic E-state index is 12.5. The van der Waals surface area contributed by atoms with Crippen LogP contribution >= 0.6 is 0 Å². The number of hydrogen-bond acceptors (Lipinski definition) is 8. The lowest BCUT2D eigenvalue weighted by Crippen LogP contribution is -2.30. The SMILES string of the molecule is CC(C)c1noc(CCCNS(=O)(=O)c2cnc3c(c2)c(=O)[nH]c(=O)n3C)n1. The molecule has 0 aliphatic rings. The number of aryl methyl sites for hydroxylation is 2. The van der Waals surface area contributed by atoms with Crippen LogP contribution in [0.5, 0.6) is 0 Å². The van der Waals surface area contributed by atoms with Crippen LogP contribution in [-0.2, 0) is 23.5 Å². The predicted molar refractivity (Wildman–Crippen MR) is 99.5 cm³/mol. The standard InChI is InChI=1S/C16H20N6O5S/c1-9(2)13-19-12(27-21-13)5-4-6-18-28(25,26)10-7-11-14(17-8-10)22(3)16(24)20-15(11)23/h7-9,18H,4-6H2,1-3H3,(H,20,23,24). The van der Waals surface area contributed by atoms with Gasteiger partial charge in [-0.1, -0.05) is 19.0 Å². The highest BCUT2D eigenvalue weighted by molar-refractivity contribution is 7.89. The van der Waals surface area contributed by atoms with Crippen LogP contribution in [0.15, 0.2) is 31.3 Å². The van der Waals surface area contributed by atoms with Crippen molar-refractivity contribution in [3.63, 3.8) is 0 Å². The molecule has 0 bridgehead atoms. The number of nitrogens with one attached hydrogen (secondary N) is 2. The second-order valence-corrected chi connectivity index (χ2v) is 8.33. The quantitative estimate of drug-likeness (QED) is 0.520. The number of nitrogens with zero attached hydrogens (tertiary/aromatic N) is 4. The molecule has 3 rings (SSSR count). The highest BCUT2D eigenvalue weighted by Crippen LogP contribution is 2.13. The number of H-pyrrole nitrogens is 1. The number of aromatic amines is 1. The molecule has 3 heterocycles. The minimum Gasteiger partial charge on any atom is -0.339 e. The third-order valence-electron chi connectivity index (χ3n) is 4.10. The summed E-state index contributed by atoms with van der Waals surface area (Å²) in [7, 11) is -2.44. The Morgan fingerprint density at radius 3 is 2.75 bits per heavy atom. The van der Waals surface area contributed by atoms with Crippen molar-refractivity contribution in [3.05, 3.63) is 44.8 Å². The first kappa shape index (κ1) is 19.9. The molecule has 0 radical (unpaired) electrons. The van der Waals surface area contributed by atoms with Gasteiger partial charge in [-0.2, -0.15) is 4.98 Å². The molecule has 0 atom stereocenters. The van der Waals surface area contributed by atoms with Gasteiger partial charge in [-0.25, -0.2) is 22.9 Å². The van der Waals surface area contributed by atoms with E-state index < -0.39 is 21.3 Å². The number of pyridine rings is 1. The molecular weight excluding hydrogens is 388 g/mol. The number of rotatable bonds is 7. The molecule has 3 aromatic rings. The Hall–Kier alpha value is -2.86. The zero-order chi connectivity index (χ0) is 20.5. The Balaban J connectivity index is 1.70. The predicted octanol–water partition coefficient (Wildman–Crippen LogP) is 0.0393. The molecule has 0 aromatic carbocycles.